The van der Waals surface area contributed by atoms with Gasteiger partial charge in [-0.3, -0.25) is 0 Å². The molecule has 2 N–H and O–H groups in total. The Balaban J connectivity index is 2.29. The van der Waals surface area contributed by atoms with Gasteiger partial charge in [0.2, 0.25) is 0 Å². The maximum atomic E-state index is 10.9. The number of carboxylic acids is 1. The van der Waals surface area contributed by atoms with Crippen LogP contribution in [-0.4, -0.2) is 16.1 Å². The summed E-state index contributed by atoms with van der Waals surface area (Å²) in [6.45, 7) is 3.75. The number of thiazole rings is 1. The fourth-order valence-corrected chi connectivity index (χ4v) is 2.89. The molecule has 0 atom stereocenters. The zero-order valence-corrected chi connectivity index (χ0v) is 12.2. The van der Waals surface area contributed by atoms with Crippen LogP contribution in [0.3, 0.4) is 0 Å². The molecular formula is C12H11BrN2O2S. The molecule has 0 saturated carbocycles. The molecule has 94 valence electrons. The number of carbonyl (C=O) groups is 1. The highest BCUT2D eigenvalue weighted by Crippen LogP contribution is 2.30. The molecule has 0 amide bonds. The normalized spacial score (nSPS) is 10.4. The molecule has 2 aromatic rings. The number of carboxylic acid groups (broad SMARTS) is 1. The van der Waals surface area contributed by atoms with E-state index in [9.17, 15) is 4.79 Å². The number of benzene rings is 1. The number of hydrogen-bond acceptors (Lipinski definition) is 4. The molecule has 0 aliphatic carbocycles. The van der Waals surface area contributed by atoms with Crippen LogP contribution in [0.25, 0.3) is 0 Å². The highest BCUT2D eigenvalue weighted by molar-refractivity contribution is 9.10. The summed E-state index contributed by atoms with van der Waals surface area (Å²) < 4.78 is 0.923. The van der Waals surface area contributed by atoms with Gasteiger partial charge in [0.15, 0.2) is 10.8 Å². The first-order valence-corrected chi connectivity index (χ1v) is 6.82. The smallest absolute Gasteiger partial charge is 0.355 e. The van der Waals surface area contributed by atoms with Crippen molar-refractivity contribution in [1.29, 1.82) is 0 Å². The van der Waals surface area contributed by atoms with Crippen LogP contribution < -0.4 is 5.32 Å². The number of aryl methyl sites for hydroxylation is 2. The summed E-state index contributed by atoms with van der Waals surface area (Å²) in [4.78, 5) is 15.6. The van der Waals surface area contributed by atoms with Crippen molar-refractivity contribution in [3.8, 4) is 0 Å². The van der Waals surface area contributed by atoms with E-state index >= 15 is 0 Å². The second-order valence-corrected chi connectivity index (χ2v) is 5.89. The number of halogens is 1. The Morgan fingerprint density at radius 3 is 2.72 bits per heavy atom. The van der Waals surface area contributed by atoms with Crippen LogP contribution >= 0.6 is 27.3 Å². The van der Waals surface area contributed by atoms with Crippen LogP contribution in [-0.2, 0) is 0 Å². The summed E-state index contributed by atoms with van der Waals surface area (Å²) in [5.74, 6) is -1.00. The summed E-state index contributed by atoms with van der Waals surface area (Å²) in [7, 11) is 0. The Morgan fingerprint density at radius 2 is 2.17 bits per heavy atom. The van der Waals surface area contributed by atoms with Crippen LogP contribution in [0.5, 0.6) is 0 Å². The molecule has 0 fully saturated rings. The standard InChI is InChI=1S/C12H11BrN2O2S/c1-6-3-4-9(8(13)5-6)14-12-15-10(11(16)17)7(2)18-12/h3-5H,1-2H3,(H,14,15)(H,16,17). The third kappa shape index (κ3) is 2.70. The van der Waals surface area contributed by atoms with Crippen LogP contribution in [0.4, 0.5) is 10.8 Å². The Hall–Kier alpha value is -1.40. The quantitative estimate of drug-likeness (QED) is 0.896. The number of aromatic carboxylic acids is 1. The molecule has 0 aliphatic heterocycles. The molecule has 1 aromatic heterocycles. The maximum absolute atomic E-state index is 10.9. The van der Waals surface area contributed by atoms with Gasteiger partial charge in [0.05, 0.1) is 5.69 Å². The van der Waals surface area contributed by atoms with Crippen molar-refractivity contribution in [3.05, 3.63) is 38.8 Å². The third-order valence-electron chi connectivity index (χ3n) is 2.37. The minimum absolute atomic E-state index is 0.103. The van der Waals surface area contributed by atoms with Crippen molar-refractivity contribution >= 4 is 44.1 Å². The second-order valence-electron chi connectivity index (χ2n) is 3.84. The summed E-state index contributed by atoms with van der Waals surface area (Å²) in [5.41, 5.74) is 2.12. The SMILES string of the molecule is Cc1ccc(Nc2nc(C(=O)O)c(C)s2)c(Br)c1. The van der Waals surface area contributed by atoms with Gasteiger partial charge >= 0.3 is 5.97 Å². The van der Waals surface area contributed by atoms with Gasteiger partial charge in [-0.2, -0.15) is 0 Å². The van der Waals surface area contributed by atoms with Gasteiger partial charge in [-0.1, -0.05) is 6.07 Å². The van der Waals surface area contributed by atoms with Gasteiger partial charge in [0.25, 0.3) is 0 Å². The van der Waals surface area contributed by atoms with E-state index in [1.165, 1.54) is 11.3 Å². The van der Waals surface area contributed by atoms with Crippen molar-refractivity contribution < 1.29 is 9.90 Å². The maximum Gasteiger partial charge on any atom is 0.355 e. The Kier molecular flexibility index (Phi) is 3.68. The summed E-state index contributed by atoms with van der Waals surface area (Å²) in [5, 5.41) is 12.6. The van der Waals surface area contributed by atoms with E-state index in [0.717, 1.165) is 15.7 Å². The number of nitrogens with one attached hydrogen (secondary N) is 1. The van der Waals surface area contributed by atoms with Crippen LogP contribution in [0, 0.1) is 13.8 Å². The van der Waals surface area contributed by atoms with Gasteiger partial charge in [0, 0.05) is 9.35 Å². The third-order valence-corrected chi connectivity index (χ3v) is 3.91. The van der Waals surface area contributed by atoms with Crippen molar-refractivity contribution in [2.75, 3.05) is 5.32 Å². The predicted octanol–water partition coefficient (Wildman–Crippen LogP) is 3.96. The molecule has 0 aliphatic rings. The molecule has 0 saturated heterocycles. The number of nitrogens with zero attached hydrogens (tertiary/aromatic N) is 1. The lowest BCUT2D eigenvalue weighted by molar-refractivity contribution is 0.0690. The highest BCUT2D eigenvalue weighted by atomic mass is 79.9. The van der Waals surface area contributed by atoms with Gasteiger partial charge in [-0.15, -0.1) is 11.3 Å². The zero-order chi connectivity index (χ0) is 13.3. The number of aromatic nitrogens is 1. The van der Waals surface area contributed by atoms with E-state index in [-0.39, 0.29) is 5.69 Å². The molecule has 0 unspecified atom stereocenters. The van der Waals surface area contributed by atoms with E-state index in [2.05, 4.69) is 26.2 Å². The van der Waals surface area contributed by atoms with E-state index in [1.54, 1.807) is 6.92 Å². The first-order chi connectivity index (χ1) is 8.47. The van der Waals surface area contributed by atoms with Gasteiger partial charge in [0.1, 0.15) is 0 Å². The van der Waals surface area contributed by atoms with Gasteiger partial charge in [-0.25, -0.2) is 9.78 Å². The van der Waals surface area contributed by atoms with Crippen molar-refractivity contribution in [2.24, 2.45) is 0 Å². The number of anilines is 2. The minimum Gasteiger partial charge on any atom is -0.476 e. The molecule has 1 heterocycles. The first-order valence-electron chi connectivity index (χ1n) is 5.21. The Morgan fingerprint density at radius 1 is 1.44 bits per heavy atom. The molecule has 0 spiro atoms. The predicted molar refractivity (Wildman–Crippen MR) is 76.0 cm³/mol. The first kappa shape index (κ1) is 13.0. The summed E-state index contributed by atoms with van der Waals surface area (Å²) in [6, 6.07) is 5.89. The molecule has 1 aromatic carbocycles. The molecule has 0 bridgehead atoms. The summed E-state index contributed by atoms with van der Waals surface area (Å²) >= 11 is 4.78. The lowest BCUT2D eigenvalue weighted by Gasteiger charge is -2.05. The lowest BCUT2D eigenvalue weighted by Crippen LogP contribution is -1.99. The van der Waals surface area contributed by atoms with E-state index in [4.69, 9.17) is 5.11 Å². The number of hydrogen-bond donors (Lipinski definition) is 2. The second kappa shape index (κ2) is 5.07. The fraction of sp³-hybridized carbons (Fsp3) is 0.167. The minimum atomic E-state index is -1.00. The average Bonchev–Trinajstić information content (AvgIpc) is 2.64. The molecule has 6 heteroatoms. The van der Waals surface area contributed by atoms with Crippen molar-refractivity contribution in [1.82, 2.24) is 4.98 Å². The molecule has 2 rings (SSSR count). The largest absolute Gasteiger partial charge is 0.476 e. The average molecular weight is 327 g/mol. The van der Waals surface area contributed by atoms with E-state index in [1.807, 2.05) is 25.1 Å². The number of rotatable bonds is 3. The van der Waals surface area contributed by atoms with Crippen molar-refractivity contribution in [2.45, 2.75) is 13.8 Å². The van der Waals surface area contributed by atoms with E-state index in [0.29, 0.717) is 10.0 Å². The zero-order valence-electron chi connectivity index (χ0n) is 9.82. The van der Waals surface area contributed by atoms with Crippen molar-refractivity contribution in [3.63, 3.8) is 0 Å². The monoisotopic (exact) mass is 326 g/mol. The summed E-state index contributed by atoms with van der Waals surface area (Å²) in [6.07, 6.45) is 0. The Bertz CT molecular complexity index is 610. The molecule has 18 heavy (non-hydrogen) atoms. The van der Waals surface area contributed by atoms with Gasteiger partial charge in [-0.05, 0) is 47.5 Å². The fourth-order valence-electron chi connectivity index (χ4n) is 1.49. The molecular weight excluding hydrogens is 316 g/mol. The van der Waals surface area contributed by atoms with Gasteiger partial charge < -0.3 is 10.4 Å². The van der Waals surface area contributed by atoms with Crippen LogP contribution in [0.2, 0.25) is 0 Å². The highest BCUT2D eigenvalue weighted by Gasteiger charge is 2.14. The molecule has 4 nitrogen and oxygen atoms in total. The van der Waals surface area contributed by atoms with Crippen LogP contribution in [0.15, 0.2) is 22.7 Å². The lowest BCUT2D eigenvalue weighted by atomic mass is 10.2. The van der Waals surface area contributed by atoms with E-state index < -0.39 is 5.97 Å². The Labute approximate surface area is 117 Å². The molecule has 0 radical (unpaired) electrons. The topological polar surface area (TPSA) is 62.2 Å². The van der Waals surface area contributed by atoms with Crippen LogP contribution in [0.1, 0.15) is 20.9 Å².